The van der Waals surface area contributed by atoms with Crippen LogP contribution in [0.5, 0.6) is 0 Å². The molecule has 0 aliphatic carbocycles. The molecule has 1 saturated heterocycles. The quantitative estimate of drug-likeness (QED) is 0.941. The molecular weight excluding hydrogens is 294 g/mol. The lowest BCUT2D eigenvalue weighted by molar-refractivity contribution is -0.914. The van der Waals surface area contributed by atoms with E-state index in [2.05, 4.69) is 23.1 Å². The minimum absolute atomic E-state index is 0.787. The van der Waals surface area contributed by atoms with Crippen molar-refractivity contribution in [1.82, 2.24) is 0 Å². The van der Waals surface area contributed by atoms with E-state index in [1.807, 2.05) is 36.4 Å². The number of nitrogens with zero attached hydrogens (tertiary/aromatic N) is 2. The predicted molar refractivity (Wildman–Crippen MR) is 89.2 cm³/mol. The van der Waals surface area contributed by atoms with Crippen LogP contribution in [0.25, 0.3) is 0 Å². The molecule has 2 aromatic carbocycles. The van der Waals surface area contributed by atoms with Crippen molar-refractivity contribution in [3.05, 3.63) is 64.7 Å². The molecular formula is C18H19ClN3+. The van der Waals surface area contributed by atoms with Gasteiger partial charge in [0, 0.05) is 16.3 Å². The molecule has 1 fully saturated rings. The lowest BCUT2D eigenvalue weighted by atomic mass is 10.1. The largest absolute Gasteiger partial charge is 0.360 e. The second-order valence-corrected chi connectivity index (χ2v) is 6.10. The first-order valence-corrected chi connectivity index (χ1v) is 7.96. The fraction of sp³-hybridized carbons (Fsp3) is 0.278. The van der Waals surface area contributed by atoms with Crippen molar-refractivity contribution in [2.75, 3.05) is 31.1 Å². The van der Waals surface area contributed by atoms with Crippen molar-refractivity contribution in [1.29, 1.82) is 5.26 Å². The summed E-state index contributed by atoms with van der Waals surface area (Å²) in [6.07, 6.45) is 0. The number of nitrogens with one attached hydrogen (secondary N) is 1. The third-order valence-electron chi connectivity index (χ3n) is 4.22. The third kappa shape index (κ3) is 3.41. The molecule has 0 atom stereocenters. The Labute approximate surface area is 136 Å². The Morgan fingerprint density at radius 2 is 1.86 bits per heavy atom. The van der Waals surface area contributed by atoms with Gasteiger partial charge in [0.15, 0.2) is 0 Å². The number of piperazine rings is 1. The zero-order valence-corrected chi connectivity index (χ0v) is 13.2. The summed E-state index contributed by atoms with van der Waals surface area (Å²) in [6.45, 7) is 5.11. The molecule has 0 saturated carbocycles. The summed E-state index contributed by atoms with van der Waals surface area (Å²) in [5.41, 5.74) is 3.15. The van der Waals surface area contributed by atoms with Gasteiger partial charge in [-0.05, 0) is 24.3 Å². The highest BCUT2D eigenvalue weighted by molar-refractivity contribution is 6.30. The lowest BCUT2D eigenvalue weighted by Crippen LogP contribution is -3.13. The highest BCUT2D eigenvalue weighted by Gasteiger charge is 2.21. The van der Waals surface area contributed by atoms with Gasteiger partial charge >= 0.3 is 0 Å². The molecule has 1 aliphatic heterocycles. The van der Waals surface area contributed by atoms with Crippen LogP contribution in [-0.2, 0) is 6.54 Å². The van der Waals surface area contributed by atoms with Crippen molar-refractivity contribution >= 4 is 17.3 Å². The van der Waals surface area contributed by atoms with Gasteiger partial charge < -0.3 is 9.80 Å². The number of quaternary nitrogens is 1. The SMILES string of the molecule is N#Cc1ccccc1C[NH+]1CCN(c2cccc(Cl)c2)CC1. The summed E-state index contributed by atoms with van der Waals surface area (Å²) in [7, 11) is 0. The maximum atomic E-state index is 9.18. The summed E-state index contributed by atoms with van der Waals surface area (Å²) < 4.78 is 0. The molecule has 22 heavy (non-hydrogen) atoms. The van der Waals surface area contributed by atoms with E-state index in [0.29, 0.717) is 0 Å². The summed E-state index contributed by atoms with van der Waals surface area (Å²) in [5.74, 6) is 0. The normalized spacial score (nSPS) is 15.5. The Morgan fingerprint density at radius 1 is 1.09 bits per heavy atom. The van der Waals surface area contributed by atoms with Crippen molar-refractivity contribution in [2.45, 2.75) is 6.54 Å². The second kappa shape index (κ2) is 6.83. The first-order chi connectivity index (χ1) is 10.8. The Morgan fingerprint density at radius 3 is 2.59 bits per heavy atom. The molecule has 1 aliphatic rings. The minimum atomic E-state index is 0.787. The van der Waals surface area contributed by atoms with Crippen LogP contribution in [0.15, 0.2) is 48.5 Å². The standard InChI is InChI=1S/C18H18ClN3/c19-17-6-3-7-18(12-17)22-10-8-21(9-11-22)14-16-5-2-1-4-15(16)13-20/h1-7,12H,8-11,14H2/p+1. The highest BCUT2D eigenvalue weighted by atomic mass is 35.5. The van der Waals surface area contributed by atoms with Crippen molar-refractivity contribution < 1.29 is 4.90 Å². The molecule has 0 bridgehead atoms. The van der Waals surface area contributed by atoms with E-state index in [9.17, 15) is 5.26 Å². The molecule has 2 aromatic rings. The molecule has 0 radical (unpaired) electrons. The van der Waals surface area contributed by atoms with Crippen LogP contribution < -0.4 is 9.80 Å². The van der Waals surface area contributed by atoms with E-state index in [1.54, 1.807) is 0 Å². The number of anilines is 1. The molecule has 0 unspecified atom stereocenters. The second-order valence-electron chi connectivity index (χ2n) is 5.66. The zero-order valence-electron chi connectivity index (χ0n) is 12.4. The smallest absolute Gasteiger partial charge is 0.104 e. The third-order valence-corrected chi connectivity index (χ3v) is 4.46. The Balaban J connectivity index is 1.61. The number of halogens is 1. The monoisotopic (exact) mass is 312 g/mol. The number of hydrogen-bond acceptors (Lipinski definition) is 2. The average Bonchev–Trinajstić information content (AvgIpc) is 2.56. The van der Waals surface area contributed by atoms with Crippen LogP contribution in [0, 0.1) is 11.3 Å². The van der Waals surface area contributed by atoms with Gasteiger partial charge in [0.05, 0.1) is 37.8 Å². The summed E-state index contributed by atoms with van der Waals surface area (Å²) >= 11 is 6.07. The summed E-state index contributed by atoms with van der Waals surface area (Å²) in [5, 5.41) is 9.97. The number of rotatable bonds is 3. The molecule has 0 aromatic heterocycles. The van der Waals surface area contributed by atoms with E-state index >= 15 is 0 Å². The Bertz CT molecular complexity index is 685. The fourth-order valence-corrected chi connectivity index (χ4v) is 3.17. The first kappa shape index (κ1) is 14.9. The van der Waals surface area contributed by atoms with Gasteiger partial charge in [-0.25, -0.2) is 0 Å². The maximum absolute atomic E-state index is 9.18. The van der Waals surface area contributed by atoms with Gasteiger partial charge in [0.1, 0.15) is 6.54 Å². The van der Waals surface area contributed by atoms with E-state index in [4.69, 9.17) is 11.6 Å². The molecule has 4 heteroatoms. The molecule has 1 N–H and O–H groups in total. The van der Waals surface area contributed by atoms with Crippen LogP contribution >= 0.6 is 11.6 Å². The molecule has 3 nitrogen and oxygen atoms in total. The Hall–Kier alpha value is -2.02. The van der Waals surface area contributed by atoms with Crippen LogP contribution in [0.3, 0.4) is 0 Å². The number of hydrogen-bond donors (Lipinski definition) is 1. The topological polar surface area (TPSA) is 31.5 Å². The predicted octanol–water partition coefficient (Wildman–Crippen LogP) is 2.12. The summed E-state index contributed by atoms with van der Waals surface area (Å²) in [6, 6.07) is 18.2. The van der Waals surface area contributed by atoms with Gasteiger partial charge in [0.25, 0.3) is 0 Å². The molecule has 112 valence electrons. The molecule has 3 rings (SSSR count). The van der Waals surface area contributed by atoms with Crippen molar-refractivity contribution in [3.8, 4) is 6.07 Å². The number of nitriles is 1. The average molecular weight is 313 g/mol. The van der Waals surface area contributed by atoms with Gasteiger partial charge in [-0.1, -0.05) is 35.9 Å². The van der Waals surface area contributed by atoms with E-state index in [0.717, 1.165) is 48.9 Å². The van der Waals surface area contributed by atoms with E-state index in [1.165, 1.54) is 10.6 Å². The zero-order chi connectivity index (χ0) is 15.4. The van der Waals surface area contributed by atoms with E-state index in [-0.39, 0.29) is 0 Å². The molecule has 1 heterocycles. The lowest BCUT2D eigenvalue weighted by Gasteiger charge is -2.33. The maximum Gasteiger partial charge on any atom is 0.104 e. The van der Waals surface area contributed by atoms with Gasteiger partial charge in [-0.2, -0.15) is 5.26 Å². The van der Waals surface area contributed by atoms with Crippen molar-refractivity contribution in [3.63, 3.8) is 0 Å². The van der Waals surface area contributed by atoms with Crippen molar-refractivity contribution in [2.24, 2.45) is 0 Å². The minimum Gasteiger partial charge on any atom is -0.360 e. The van der Waals surface area contributed by atoms with E-state index < -0.39 is 0 Å². The Kier molecular flexibility index (Phi) is 4.62. The molecule has 0 amide bonds. The molecule has 0 spiro atoms. The van der Waals surface area contributed by atoms with Crippen LogP contribution in [0.1, 0.15) is 11.1 Å². The highest BCUT2D eigenvalue weighted by Crippen LogP contribution is 2.19. The van der Waals surface area contributed by atoms with Gasteiger partial charge in [0.2, 0.25) is 0 Å². The van der Waals surface area contributed by atoms with Gasteiger partial charge in [-0.15, -0.1) is 0 Å². The van der Waals surface area contributed by atoms with Gasteiger partial charge in [-0.3, -0.25) is 0 Å². The summed E-state index contributed by atoms with van der Waals surface area (Å²) in [4.78, 5) is 3.91. The van der Waals surface area contributed by atoms with Crippen LogP contribution in [0.4, 0.5) is 5.69 Å². The number of benzene rings is 2. The fourth-order valence-electron chi connectivity index (χ4n) is 2.98. The first-order valence-electron chi connectivity index (χ1n) is 7.58. The van der Waals surface area contributed by atoms with Crippen LogP contribution in [0.2, 0.25) is 5.02 Å². The van der Waals surface area contributed by atoms with Crippen LogP contribution in [-0.4, -0.2) is 26.2 Å².